The molecule has 1 saturated heterocycles. The predicted octanol–water partition coefficient (Wildman–Crippen LogP) is 4.71. The maximum Gasteiger partial charge on any atom is 0.296 e. The first kappa shape index (κ1) is 22.4. The van der Waals surface area contributed by atoms with E-state index in [0.717, 1.165) is 0 Å². The van der Waals surface area contributed by atoms with Crippen LogP contribution in [0.3, 0.4) is 0 Å². The monoisotopic (exact) mass is 471 g/mol. The van der Waals surface area contributed by atoms with E-state index in [4.69, 9.17) is 25.5 Å². The summed E-state index contributed by atoms with van der Waals surface area (Å²) in [6.45, 7) is -0.00644. The lowest BCUT2D eigenvalue weighted by atomic mass is 9.98. The van der Waals surface area contributed by atoms with Crippen molar-refractivity contribution >= 4 is 29.1 Å². The lowest BCUT2D eigenvalue weighted by Crippen LogP contribution is -2.29. The van der Waals surface area contributed by atoms with E-state index >= 15 is 0 Å². The van der Waals surface area contributed by atoms with Gasteiger partial charge in [0.15, 0.2) is 0 Å². The lowest BCUT2D eigenvalue weighted by molar-refractivity contribution is -0.140. The van der Waals surface area contributed by atoms with Crippen LogP contribution < -0.4 is 9.47 Å². The first-order valence-corrected chi connectivity index (χ1v) is 10.2. The highest BCUT2D eigenvalue weighted by molar-refractivity contribution is 6.46. The minimum absolute atomic E-state index is 0.00644. The average molecular weight is 472 g/mol. The molecule has 1 atom stereocenters. The number of aliphatic hydroxyl groups excluding tert-OH is 1. The third-order valence-electron chi connectivity index (χ3n) is 5.35. The van der Waals surface area contributed by atoms with Gasteiger partial charge < -0.3 is 23.9 Å². The maximum atomic E-state index is 13.3. The Labute approximate surface area is 193 Å². The summed E-state index contributed by atoms with van der Waals surface area (Å²) in [4.78, 5) is 27.3. The van der Waals surface area contributed by atoms with Crippen LogP contribution in [0.4, 0.5) is 4.39 Å². The molecule has 1 amide bonds. The molecule has 0 bridgehead atoms. The third-order valence-corrected chi connectivity index (χ3v) is 5.64. The number of halogens is 2. The summed E-state index contributed by atoms with van der Waals surface area (Å²) < 4.78 is 29.4. The fourth-order valence-electron chi connectivity index (χ4n) is 3.76. The van der Waals surface area contributed by atoms with Crippen LogP contribution in [0.1, 0.15) is 22.9 Å². The number of rotatable bonds is 6. The second-order valence-corrected chi connectivity index (χ2v) is 7.66. The quantitative estimate of drug-likeness (QED) is 0.318. The normalized spacial score (nSPS) is 17.5. The molecular weight excluding hydrogens is 453 g/mol. The molecule has 3 aromatic rings. The van der Waals surface area contributed by atoms with Crippen LogP contribution in [0, 0.1) is 5.82 Å². The zero-order chi connectivity index (χ0) is 23.7. The Kier molecular flexibility index (Phi) is 6.11. The van der Waals surface area contributed by atoms with Gasteiger partial charge in [0.25, 0.3) is 11.7 Å². The zero-order valence-corrected chi connectivity index (χ0v) is 18.4. The summed E-state index contributed by atoms with van der Waals surface area (Å²) in [5.41, 5.74) is 0.524. The lowest BCUT2D eigenvalue weighted by Gasteiger charge is -2.23. The average Bonchev–Trinajstić information content (AvgIpc) is 3.42. The number of carbonyl (C=O) groups is 2. The van der Waals surface area contributed by atoms with Crippen molar-refractivity contribution in [1.82, 2.24) is 4.90 Å². The number of ether oxygens (including phenoxy) is 2. The van der Waals surface area contributed by atoms with Crippen molar-refractivity contribution < 1.29 is 33.0 Å². The second kappa shape index (κ2) is 8.99. The molecule has 1 unspecified atom stereocenters. The number of Topliss-reactive ketones (excluding diaryl/α,β-unsaturated/α-hetero) is 1. The zero-order valence-electron chi connectivity index (χ0n) is 17.7. The molecule has 1 aliphatic rings. The summed E-state index contributed by atoms with van der Waals surface area (Å²) in [5.74, 6) is -1.85. The Morgan fingerprint density at radius 1 is 1.12 bits per heavy atom. The van der Waals surface area contributed by atoms with Gasteiger partial charge in [-0.3, -0.25) is 9.59 Å². The molecule has 9 heteroatoms. The van der Waals surface area contributed by atoms with Gasteiger partial charge >= 0.3 is 0 Å². The van der Waals surface area contributed by atoms with Gasteiger partial charge in [-0.15, -0.1) is 0 Å². The highest BCUT2D eigenvalue weighted by Crippen LogP contribution is 2.43. The van der Waals surface area contributed by atoms with Gasteiger partial charge in [-0.2, -0.15) is 0 Å². The standard InChI is InChI=1S/C24H19ClFNO6/c1-31-18-11-19(32-2)16(25)10-15(18)22(28)20-21(17-4-3-9-33-17)27(24(30)23(20)29)12-13-5-7-14(26)8-6-13/h3-11,21,28H,12H2,1-2H3/b22-20-. The molecule has 0 radical (unpaired) electrons. The molecule has 1 aromatic heterocycles. The number of furan rings is 1. The highest BCUT2D eigenvalue weighted by atomic mass is 35.5. The van der Waals surface area contributed by atoms with E-state index in [-0.39, 0.29) is 34.2 Å². The molecular formula is C24H19ClFNO6. The molecule has 33 heavy (non-hydrogen) atoms. The number of hydrogen-bond donors (Lipinski definition) is 1. The predicted molar refractivity (Wildman–Crippen MR) is 118 cm³/mol. The first-order valence-electron chi connectivity index (χ1n) is 9.83. The minimum atomic E-state index is -1.02. The largest absolute Gasteiger partial charge is 0.507 e. The number of aliphatic hydroxyl groups is 1. The Morgan fingerprint density at radius 2 is 1.82 bits per heavy atom. The van der Waals surface area contributed by atoms with Crippen LogP contribution in [0.2, 0.25) is 5.02 Å². The fraction of sp³-hybridized carbons (Fsp3) is 0.167. The topological polar surface area (TPSA) is 89.2 Å². The van der Waals surface area contributed by atoms with Crippen LogP contribution in [0.15, 0.2) is 64.8 Å². The van der Waals surface area contributed by atoms with Gasteiger partial charge in [-0.1, -0.05) is 23.7 Å². The number of amides is 1. The molecule has 1 N–H and O–H groups in total. The van der Waals surface area contributed by atoms with E-state index in [9.17, 15) is 19.1 Å². The van der Waals surface area contributed by atoms with Gasteiger partial charge in [0, 0.05) is 12.6 Å². The Hall–Kier alpha value is -3.78. The molecule has 0 saturated carbocycles. The van der Waals surface area contributed by atoms with Crippen LogP contribution in [0.25, 0.3) is 5.76 Å². The highest BCUT2D eigenvalue weighted by Gasteiger charge is 2.47. The van der Waals surface area contributed by atoms with E-state index in [1.54, 1.807) is 12.1 Å². The van der Waals surface area contributed by atoms with Crippen molar-refractivity contribution in [2.75, 3.05) is 14.2 Å². The van der Waals surface area contributed by atoms with Gasteiger partial charge in [0.2, 0.25) is 0 Å². The van der Waals surface area contributed by atoms with Crippen molar-refractivity contribution in [3.8, 4) is 11.5 Å². The Morgan fingerprint density at radius 3 is 2.42 bits per heavy atom. The van der Waals surface area contributed by atoms with Gasteiger partial charge in [-0.05, 0) is 35.9 Å². The maximum absolute atomic E-state index is 13.3. The number of likely N-dealkylation sites (tertiary alicyclic amines) is 1. The first-order chi connectivity index (χ1) is 15.8. The number of methoxy groups -OCH3 is 2. The van der Waals surface area contributed by atoms with E-state index in [1.165, 1.54) is 61.8 Å². The smallest absolute Gasteiger partial charge is 0.296 e. The van der Waals surface area contributed by atoms with Crippen molar-refractivity contribution in [3.63, 3.8) is 0 Å². The fourth-order valence-corrected chi connectivity index (χ4v) is 4.00. The molecule has 1 fully saturated rings. The Bertz CT molecular complexity index is 1240. The molecule has 0 aliphatic carbocycles. The molecule has 2 aromatic carbocycles. The molecule has 0 spiro atoms. The molecule has 7 nitrogen and oxygen atoms in total. The van der Waals surface area contributed by atoms with E-state index in [0.29, 0.717) is 11.3 Å². The summed E-state index contributed by atoms with van der Waals surface area (Å²) in [7, 11) is 2.81. The molecule has 1 aliphatic heterocycles. The van der Waals surface area contributed by atoms with Gasteiger partial charge in [0.1, 0.15) is 34.9 Å². The summed E-state index contributed by atoms with van der Waals surface area (Å²) in [6.07, 6.45) is 1.40. The summed E-state index contributed by atoms with van der Waals surface area (Å²) in [6, 6.07) is 10.6. The number of nitrogens with zero attached hydrogens (tertiary/aromatic N) is 1. The number of benzene rings is 2. The molecule has 170 valence electrons. The van der Waals surface area contributed by atoms with Crippen LogP contribution in [0.5, 0.6) is 11.5 Å². The second-order valence-electron chi connectivity index (χ2n) is 7.26. The SMILES string of the molecule is COc1cc(OC)c(/C(O)=C2/C(=O)C(=O)N(Cc3ccc(F)cc3)C2c2ccco2)cc1Cl. The Balaban J connectivity index is 1.87. The van der Waals surface area contributed by atoms with Crippen molar-refractivity contribution in [1.29, 1.82) is 0 Å². The molecule has 2 heterocycles. The minimum Gasteiger partial charge on any atom is -0.507 e. The number of hydrogen-bond acceptors (Lipinski definition) is 6. The number of ketones is 1. The van der Waals surface area contributed by atoms with Crippen molar-refractivity contribution in [2.45, 2.75) is 12.6 Å². The van der Waals surface area contributed by atoms with Crippen LogP contribution >= 0.6 is 11.6 Å². The van der Waals surface area contributed by atoms with Crippen molar-refractivity contribution in [2.24, 2.45) is 0 Å². The van der Waals surface area contributed by atoms with E-state index in [2.05, 4.69) is 0 Å². The van der Waals surface area contributed by atoms with Gasteiger partial charge in [-0.25, -0.2) is 4.39 Å². The third kappa shape index (κ3) is 4.05. The summed E-state index contributed by atoms with van der Waals surface area (Å²) >= 11 is 6.23. The van der Waals surface area contributed by atoms with E-state index < -0.39 is 29.3 Å². The summed E-state index contributed by atoms with van der Waals surface area (Å²) in [5, 5.41) is 11.4. The molecule has 4 rings (SSSR count). The number of carbonyl (C=O) groups excluding carboxylic acids is 2. The van der Waals surface area contributed by atoms with E-state index in [1.807, 2.05) is 0 Å². The van der Waals surface area contributed by atoms with Gasteiger partial charge in [0.05, 0.1) is 36.6 Å². The van der Waals surface area contributed by atoms with Crippen LogP contribution in [-0.2, 0) is 16.1 Å². The van der Waals surface area contributed by atoms with Crippen LogP contribution in [-0.4, -0.2) is 35.9 Å². The van der Waals surface area contributed by atoms with Crippen molar-refractivity contribution in [3.05, 3.63) is 88.1 Å².